The summed E-state index contributed by atoms with van der Waals surface area (Å²) in [4.78, 5) is 36.0. The van der Waals surface area contributed by atoms with Crippen LogP contribution >= 0.6 is 0 Å². The number of aliphatic hydroxyl groups is 1. The number of benzene rings is 3. The number of aliphatic hydroxyl groups excluding tert-OH is 1. The predicted molar refractivity (Wildman–Crippen MR) is 167 cm³/mol. The molecule has 1 fully saturated rings. The number of amides is 1. The summed E-state index contributed by atoms with van der Waals surface area (Å²) in [5, 5.41) is 10.9. The Morgan fingerprint density at radius 3 is 2.42 bits per heavy atom. The molecule has 1 aromatic heterocycles. The van der Waals surface area contributed by atoms with Gasteiger partial charge >= 0.3 is 0 Å². The van der Waals surface area contributed by atoms with Crippen molar-refractivity contribution >= 4 is 16.8 Å². The van der Waals surface area contributed by atoms with Gasteiger partial charge in [0, 0.05) is 26.2 Å². The smallest absolute Gasteiger partial charge is 0.266 e. The van der Waals surface area contributed by atoms with Crippen LogP contribution < -0.4 is 15.0 Å². The molecule has 2 heterocycles. The van der Waals surface area contributed by atoms with Crippen LogP contribution in [0.25, 0.3) is 16.6 Å². The SMILES string of the molecule is CCC(O)c1ccc2nc(CN3CCN(C(=O)COc4ccc(C)cc4)CC3)n(-c3ccccc3OC(C)C)c(=O)c2c1. The summed E-state index contributed by atoms with van der Waals surface area (Å²) in [6.07, 6.45) is -0.196. The Morgan fingerprint density at radius 1 is 1.00 bits per heavy atom. The molecule has 1 aliphatic heterocycles. The van der Waals surface area contributed by atoms with Gasteiger partial charge < -0.3 is 19.5 Å². The second-order valence-corrected chi connectivity index (χ2v) is 11.3. The highest BCUT2D eigenvalue weighted by Gasteiger charge is 2.24. The molecule has 1 atom stereocenters. The maximum atomic E-state index is 14.1. The van der Waals surface area contributed by atoms with Crippen LogP contribution in [0.15, 0.2) is 71.5 Å². The van der Waals surface area contributed by atoms with E-state index in [1.807, 2.05) is 87.2 Å². The largest absolute Gasteiger partial charge is 0.489 e. The highest BCUT2D eigenvalue weighted by molar-refractivity contribution is 5.79. The maximum Gasteiger partial charge on any atom is 0.266 e. The Kier molecular flexibility index (Phi) is 9.43. The number of para-hydroxylation sites is 2. The second kappa shape index (κ2) is 13.4. The van der Waals surface area contributed by atoms with Crippen molar-refractivity contribution in [2.45, 2.75) is 52.9 Å². The van der Waals surface area contributed by atoms with Crippen LogP contribution in [-0.2, 0) is 11.3 Å². The Balaban J connectivity index is 1.39. The molecule has 1 unspecified atom stereocenters. The molecule has 0 spiro atoms. The van der Waals surface area contributed by atoms with Crippen molar-refractivity contribution in [1.82, 2.24) is 19.4 Å². The van der Waals surface area contributed by atoms with Gasteiger partial charge in [0.1, 0.15) is 17.3 Å². The molecular formula is C34H40N4O5. The fraction of sp³-hybridized carbons (Fsp3) is 0.382. The Hall–Kier alpha value is -4.21. The van der Waals surface area contributed by atoms with Crippen LogP contribution in [0.5, 0.6) is 11.5 Å². The standard InChI is InChI=1S/C34H40N4O5/c1-5-30(39)25-12-15-28-27(20-25)34(41)38(29-8-6-7-9-31(29)43-23(2)3)32(35-28)21-36-16-18-37(19-17-36)33(40)22-42-26-13-10-24(4)11-14-26/h6-15,20,23,30,39H,5,16-19,21-22H2,1-4H3. The van der Waals surface area contributed by atoms with E-state index in [2.05, 4.69) is 4.90 Å². The zero-order chi connectivity index (χ0) is 30.5. The quantitative estimate of drug-likeness (QED) is 0.290. The number of hydrogen-bond donors (Lipinski definition) is 1. The van der Waals surface area contributed by atoms with Crippen molar-refractivity contribution < 1.29 is 19.4 Å². The maximum absolute atomic E-state index is 14.1. The van der Waals surface area contributed by atoms with E-state index in [9.17, 15) is 14.7 Å². The van der Waals surface area contributed by atoms with Crippen molar-refractivity contribution in [3.8, 4) is 17.2 Å². The lowest BCUT2D eigenvalue weighted by Crippen LogP contribution is -2.50. The third-order valence-electron chi connectivity index (χ3n) is 7.68. The van der Waals surface area contributed by atoms with E-state index in [1.165, 1.54) is 0 Å². The summed E-state index contributed by atoms with van der Waals surface area (Å²) in [6, 6.07) is 20.5. The molecule has 0 radical (unpaired) electrons. The number of rotatable bonds is 10. The first-order valence-corrected chi connectivity index (χ1v) is 14.9. The van der Waals surface area contributed by atoms with E-state index in [0.29, 0.717) is 78.6 Å². The molecule has 4 aromatic rings. The molecule has 1 amide bonds. The number of ether oxygens (including phenoxy) is 2. The molecule has 0 aliphatic carbocycles. The van der Waals surface area contributed by atoms with E-state index in [-0.39, 0.29) is 24.2 Å². The minimum absolute atomic E-state index is 0.00378. The van der Waals surface area contributed by atoms with Crippen LogP contribution in [0.2, 0.25) is 0 Å². The predicted octanol–water partition coefficient (Wildman–Crippen LogP) is 4.65. The van der Waals surface area contributed by atoms with Gasteiger partial charge in [0.25, 0.3) is 11.5 Å². The first-order valence-electron chi connectivity index (χ1n) is 14.9. The van der Waals surface area contributed by atoms with Crippen molar-refractivity contribution in [3.05, 3.63) is 94.0 Å². The molecule has 9 nitrogen and oxygen atoms in total. The molecule has 0 saturated carbocycles. The molecule has 1 N–H and O–H groups in total. The number of carbonyl (C=O) groups is 1. The molecule has 9 heteroatoms. The molecule has 3 aromatic carbocycles. The first-order chi connectivity index (χ1) is 20.7. The van der Waals surface area contributed by atoms with Gasteiger partial charge in [-0.15, -0.1) is 0 Å². The average molecular weight is 585 g/mol. The first kappa shape index (κ1) is 30.3. The molecule has 1 saturated heterocycles. The fourth-order valence-electron chi connectivity index (χ4n) is 5.27. The van der Waals surface area contributed by atoms with E-state index >= 15 is 0 Å². The Bertz CT molecular complexity index is 1620. The van der Waals surface area contributed by atoms with Crippen molar-refractivity contribution in [3.63, 3.8) is 0 Å². The molecule has 226 valence electrons. The minimum Gasteiger partial charge on any atom is -0.489 e. The van der Waals surface area contributed by atoms with Crippen molar-refractivity contribution in [2.24, 2.45) is 0 Å². The zero-order valence-corrected chi connectivity index (χ0v) is 25.3. The normalized spacial score (nSPS) is 14.7. The van der Waals surface area contributed by atoms with Crippen LogP contribution in [0.1, 0.15) is 50.2 Å². The number of aromatic nitrogens is 2. The molecule has 5 rings (SSSR count). The monoisotopic (exact) mass is 584 g/mol. The number of hydrogen-bond acceptors (Lipinski definition) is 7. The van der Waals surface area contributed by atoms with Gasteiger partial charge in [-0.2, -0.15) is 0 Å². The van der Waals surface area contributed by atoms with Crippen LogP contribution in [0.3, 0.4) is 0 Å². The van der Waals surface area contributed by atoms with Crippen LogP contribution in [-0.4, -0.2) is 69.3 Å². The number of aryl methyl sites for hydroxylation is 1. The molecule has 43 heavy (non-hydrogen) atoms. The third kappa shape index (κ3) is 7.06. The zero-order valence-electron chi connectivity index (χ0n) is 25.3. The summed E-state index contributed by atoms with van der Waals surface area (Å²) in [5.74, 6) is 1.81. The van der Waals surface area contributed by atoms with Crippen molar-refractivity contribution in [1.29, 1.82) is 0 Å². The topological polar surface area (TPSA) is 97.1 Å². The van der Waals surface area contributed by atoms with Crippen LogP contribution in [0.4, 0.5) is 0 Å². The van der Waals surface area contributed by atoms with Crippen LogP contribution in [0, 0.1) is 6.92 Å². The number of carbonyl (C=O) groups excluding carboxylic acids is 1. The van der Waals surface area contributed by atoms with Gasteiger partial charge in [-0.25, -0.2) is 4.98 Å². The summed E-state index contributed by atoms with van der Waals surface area (Å²) in [7, 11) is 0. The lowest BCUT2D eigenvalue weighted by atomic mass is 10.0. The highest BCUT2D eigenvalue weighted by atomic mass is 16.5. The summed E-state index contributed by atoms with van der Waals surface area (Å²) in [5.41, 5.74) is 2.80. The fourth-order valence-corrected chi connectivity index (χ4v) is 5.27. The average Bonchev–Trinajstić information content (AvgIpc) is 3.01. The Morgan fingerprint density at radius 2 is 1.72 bits per heavy atom. The van der Waals surface area contributed by atoms with Crippen molar-refractivity contribution in [2.75, 3.05) is 32.8 Å². The third-order valence-corrected chi connectivity index (χ3v) is 7.68. The van der Waals surface area contributed by atoms with Gasteiger partial charge in [-0.1, -0.05) is 42.8 Å². The Labute approximate surface area is 252 Å². The molecule has 1 aliphatic rings. The van der Waals surface area contributed by atoms with E-state index in [1.54, 1.807) is 16.7 Å². The lowest BCUT2D eigenvalue weighted by Gasteiger charge is -2.34. The highest BCUT2D eigenvalue weighted by Crippen LogP contribution is 2.26. The summed E-state index contributed by atoms with van der Waals surface area (Å²) < 4.78 is 13.4. The lowest BCUT2D eigenvalue weighted by molar-refractivity contribution is -0.135. The van der Waals surface area contributed by atoms with E-state index < -0.39 is 6.10 Å². The van der Waals surface area contributed by atoms with E-state index in [4.69, 9.17) is 14.5 Å². The molecule has 0 bridgehead atoms. The minimum atomic E-state index is -0.658. The van der Waals surface area contributed by atoms with Gasteiger partial charge in [-0.05, 0) is 69.2 Å². The number of nitrogens with zero attached hydrogens (tertiary/aromatic N) is 4. The number of fused-ring (bicyclic) bond motifs is 1. The van der Waals surface area contributed by atoms with Gasteiger partial charge in [-0.3, -0.25) is 19.1 Å². The van der Waals surface area contributed by atoms with Gasteiger partial charge in [0.15, 0.2) is 6.61 Å². The van der Waals surface area contributed by atoms with Gasteiger partial charge in [0.05, 0.1) is 35.3 Å². The summed E-state index contributed by atoms with van der Waals surface area (Å²) >= 11 is 0. The summed E-state index contributed by atoms with van der Waals surface area (Å²) in [6.45, 7) is 10.6. The number of piperazine rings is 1. The second-order valence-electron chi connectivity index (χ2n) is 11.3. The van der Waals surface area contributed by atoms with E-state index in [0.717, 1.165) is 5.56 Å². The molecular weight excluding hydrogens is 544 g/mol. The van der Waals surface area contributed by atoms with Gasteiger partial charge in [0.2, 0.25) is 0 Å².